The van der Waals surface area contributed by atoms with Crippen LogP contribution in [0.25, 0.3) is 17.1 Å². The van der Waals surface area contributed by atoms with E-state index >= 15 is 0 Å². The van der Waals surface area contributed by atoms with E-state index in [4.69, 9.17) is 0 Å². The normalized spacial score (nSPS) is 17.5. The fraction of sp³-hybridized carbons (Fsp3) is 0.375. The van der Waals surface area contributed by atoms with Crippen molar-refractivity contribution in [2.24, 2.45) is 0 Å². The summed E-state index contributed by atoms with van der Waals surface area (Å²) in [5.74, 6) is 0.511. The lowest BCUT2D eigenvalue weighted by Gasteiger charge is -2.36. The standard InChI is InChI=1S/C24H27FN4OS/c1-3-20-11-7-8-16-28(20)23(30)17(2)31-24-27-26-22(18-9-5-4-6-10-18)29(24)21-14-12-19(25)13-15-21/h4-6,9-10,12-15,17,20H,3,7-8,11,16H2,1-2H3. The molecule has 1 aliphatic rings. The van der Waals surface area contributed by atoms with Crippen molar-refractivity contribution in [1.29, 1.82) is 0 Å². The molecular weight excluding hydrogens is 411 g/mol. The van der Waals surface area contributed by atoms with Crippen molar-refractivity contribution in [2.75, 3.05) is 6.54 Å². The fourth-order valence-corrected chi connectivity index (χ4v) is 5.04. The van der Waals surface area contributed by atoms with Crippen molar-refractivity contribution in [3.8, 4) is 17.1 Å². The maximum Gasteiger partial charge on any atom is 0.236 e. The van der Waals surface area contributed by atoms with Crippen LogP contribution >= 0.6 is 11.8 Å². The third-order valence-corrected chi connectivity index (χ3v) is 6.79. The topological polar surface area (TPSA) is 51.0 Å². The molecule has 162 valence electrons. The van der Waals surface area contributed by atoms with Gasteiger partial charge in [0.05, 0.1) is 5.25 Å². The molecule has 1 aromatic heterocycles. The molecule has 1 amide bonds. The SMILES string of the molecule is CCC1CCCCN1C(=O)C(C)Sc1nnc(-c2ccccc2)n1-c1ccc(F)cc1. The van der Waals surface area contributed by atoms with Crippen LogP contribution in [-0.4, -0.2) is 43.4 Å². The highest BCUT2D eigenvalue weighted by atomic mass is 32.2. The van der Waals surface area contributed by atoms with Crippen LogP contribution in [0.1, 0.15) is 39.5 Å². The van der Waals surface area contributed by atoms with Crippen LogP contribution in [0, 0.1) is 5.82 Å². The molecule has 1 fully saturated rings. The lowest BCUT2D eigenvalue weighted by molar-refractivity contribution is -0.134. The van der Waals surface area contributed by atoms with Crippen molar-refractivity contribution in [3.63, 3.8) is 0 Å². The molecule has 2 atom stereocenters. The van der Waals surface area contributed by atoms with Gasteiger partial charge < -0.3 is 4.90 Å². The number of carbonyl (C=O) groups excluding carboxylic acids is 1. The summed E-state index contributed by atoms with van der Waals surface area (Å²) >= 11 is 1.40. The predicted octanol–water partition coefficient (Wildman–Crippen LogP) is 5.35. The summed E-state index contributed by atoms with van der Waals surface area (Å²) in [6.45, 7) is 4.90. The van der Waals surface area contributed by atoms with E-state index in [0.29, 0.717) is 17.0 Å². The highest BCUT2D eigenvalue weighted by Crippen LogP contribution is 2.32. The van der Waals surface area contributed by atoms with Gasteiger partial charge in [-0.3, -0.25) is 9.36 Å². The van der Waals surface area contributed by atoms with Gasteiger partial charge in [-0.15, -0.1) is 10.2 Å². The molecule has 2 aromatic carbocycles. The molecule has 4 rings (SSSR count). The van der Waals surface area contributed by atoms with Gasteiger partial charge in [-0.25, -0.2) is 4.39 Å². The number of carbonyl (C=O) groups is 1. The Balaban J connectivity index is 1.66. The van der Waals surface area contributed by atoms with E-state index in [-0.39, 0.29) is 17.0 Å². The van der Waals surface area contributed by atoms with Crippen molar-refractivity contribution in [1.82, 2.24) is 19.7 Å². The van der Waals surface area contributed by atoms with Gasteiger partial charge >= 0.3 is 0 Å². The van der Waals surface area contributed by atoms with E-state index in [1.54, 1.807) is 12.1 Å². The summed E-state index contributed by atoms with van der Waals surface area (Å²) in [6, 6.07) is 16.3. The highest BCUT2D eigenvalue weighted by Gasteiger charge is 2.30. The van der Waals surface area contributed by atoms with E-state index < -0.39 is 0 Å². The average Bonchev–Trinajstić information content (AvgIpc) is 3.23. The van der Waals surface area contributed by atoms with Crippen LogP contribution in [0.5, 0.6) is 0 Å². The zero-order valence-corrected chi connectivity index (χ0v) is 18.7. The van der Waals surface area contributed by atoms with Crippen molar-refractivity contribution in [2.45, 2.75) is 56.0 Å². The Kier molecular flexibility index (Phi) is 6.70. The smallest absolute Gasteiger partial charge is 0.236 e. The molecule has 0 spiro atoms. The van der Waals surface area contributed by atoms with E-state index in [9.17, 15) is 9.18 Å². The maximum atomic E-state index is 13.5. The maximum absolute atomic E-state index is 13.5. The minimum Gasteiger partial charge on any atom is -0.339 e. The first-order valence-corrected chi connectivity index (χ1v) is 11.7. The number of likely N-dealkylation sites (tertiary alicyclic amines) is 1. The summed E-state index contributed by atoms with van der Waals surface area (Å²) in [5.41, 5.74) is 1.67. The van der Waals surface area contributed by atoms with Crippen LogP contribution in [-0.2, 0) is 4.79 Å². The predicted molar refractivity (Wildman–Crippen MR) is 122 cm³/mol. The number of halogens is 1. The Labute approximate surface area is 186 Å². The number of hydrogen-bond acceptors (Lipinski definition) is 4. The Morgan fingerprint density at radius 2 is 1.87 bits per heavy atom. The molecule has 5 nitrogen and oxygen atoms in total. The Bertz CT molecular complexity index is 1020. The largest absolute Gasteiger partial charge is 0.339 e. The molecule has 0 bridgehead atoms. The average molecular weight is 439 g/mol. The lowest BCUT2D eigenvalue weighted by atomic mass is 10.00. The van der Waals surface area contributed by atoms with E-state index in [0.717, 1.165) is 37.1 Å². The number of benzene rings is 2. The van der Waals surface area contributed by atoms with Crippen LogP contribution in [0.2, 0.25) is 0 Å². The van der Waals surface area contributed by atoms with Crippen molar-refractivity contribution >= 4 is 17.7 Å². The monoisotopic (exact) mass is 438 g/mol. The van der Waals surface area contributed by atoms with E-state index in [1.165, 1.54) is 30.3 Å². The molecule has 0 saturated carbocycles. The Hall–Kier alpha value is -2.67. The Morgan fingerprint density at radius 3 is 2.58 bits per heavy atom. The first-order chi connectivity index (χ1) is 15.1. The molecule has 7 heteroatoms. The second-order valence-corrected chi connectivity index (χ2v) is 9.14. The number of amides is 1. The van der Waals surface area contributed by atoms with Crippen LogP contribution in [0.3, 0.4) is 0 Å². The van der Waals surface area contributed by atoms with Gasteiger partial charge in [0.25, 0.3) is 0 Å². The second kappa shape index (κ2) is 9.64. The van der Waals surface area contributed by atoms with Gasteiger partial charge in [0.2, 0.25) is 5.91 Å². The number of hydrogen-bond donors (Lipinski definition) is 0. The van der Waals surface area contributed by atoms with Gasteiger partial charge in [0.15, 0.2) is 11.0 Å². The van der Waals surface area contributed by atoms with Gasteiger partial charge in [-0.05, 0) is 56.9 Å². The molecule has 0 radical (unpaired) electrons. The molecule has 1 saturated heterocycles. The summed E-state index contributed by atoms with van der Waals surface area (Å²) in [5, 5.41) is 9.15. The third kappa shape index (κ3) is 4.66. The van der Waals surface area contributed by atoms with Gasteiger partial charge in [0, 0.05) is 23.8 Å². The molecule has 0 aliphatic carbocycles. The van der Waals surface area contributed by atoms with E-state index in [1.807, 2.05) is 46.7 Å². The first kappa shape index (κ1) is 21.6. The summed E-state index contributed by atoms with van der Waals surface area (Å²) < 4.78 is 15.4. The molecule has 3 aromatic rings. The minimum atomic E-state index is -0.299. The molecule has 1 aliphatic heterocycles. The number of rotatable bonds is 6. The minimum absolute atomic E-state index is 0.145. The van der Waals surface area contributed by atoms with Crippen molar-refractivity contribution in [3.05, 3.63) is 60.4 Å². The zero-order valence-electron chi connectivity index (χ0n) is 17.9. The second-order valence-electron chi connectivity index (χ2n) is 7.83. The van der Waals surface area contributed by atoms with Gasteiger partial charge in [-0.1, -0.05) is 49.0 Å². The Morgan fingerprint density at radius 1 is 1.13 bits per heavy atom. The number of piperidine rings is 1. The van der Waals surface area contributed by atoms with Gasteiger partial charge in [-0.2, -0.15) is 0 Å². The molecule has 31 heavy (non-hydrogen) atoms. The molecule has 0 N–H and O–H groups in total. The fourth-order valence-electron chi connectivity index (χ4n) is 4.10. The number of thioether (sulfide) groups is 1. The third-order valence-electron chi connectivity index (χ3n) is 5.76. The lowest BCUT2D eigenvalue weighted by Crippen LogP contribution is -2.46. The van der Waals surface area contributed by atoms with Crippen LogP contribution < -0.4 is 0 Å². The highest BCUT2D eigenvalue weighted by molar-refractivity contribution is 8.00. The molecule has 2 unspecified atom stereocenters. The summed E-state index contributed by atoms with van der Waals surface area (Å²) in [6.07, 6.45) is 4.29. The molecule has 2 heterocycles. The zero-order chi connectivity index (χ0) is 21.8. The van der Waals surface area contributed by atoms with E-state index in [2.05, 4.69) is 17.1 Å². The number of nitrogens with zero attached hydrogens (tertiary/aromatic N) is 4. The first-order valence-electron chi connectivity index (χ1n) is 10.8. The van der Waals surface area contributed by atoms with Gasteiger partial charge in [0.1, 0.15) is 5.82 Å². The quantitative estimate of drug-likeness (QED) is 0.487. The molecular formula is C24H27FN4OS. The number of aromatic nitrogens is 3. The van der Waals surface area contributed by atoms with Crippen molar-refractivity contribution < 1.29 is 9.18 Å². The summed E-state index contributed by atoms with van der Waals surface area (Å²) in [7, 11) is 0. The summed E-state index contributed by atoms with van der Waals surface area (Å²) in [4.78, 5) is 15.3. The van der Waals surface area contributed by atoms with Crippen LogP contribution in [0.15, 0.2) is 59.8 Å². The van der Waals surface area contributed by atoms with Crippen LogP contribution in [0.4, 0.5) is 4.39 Å².